The summed E-state index contributed by atoms with van der Waals surface area (Å²) in [7, 11) is 3.29. The van der Waals surface area contributed by atoms with E-state index in [-0.39, 0.29) is 12.1 Å². The number of nitrogens with one attached hydrogen (secondary N) is 1. The molecule has 3 aromatic rings. The van der Waals surface area contributed by atoms with Gasteiger partial charge in [-0.1, -0.05) is 25.4 Å². The van der Waals surface area contributed by atoms with Gasteiger partial charge in [0.05, 0.1) is 48.5 Å². The molecule has 36 heavy (non-hydrogen) atoms. The molecule has 1 aromatic carbocycles. The fraction of sp³-hybridized carbons (Fsp3) is 0.444. The molecule has 3 heterocycles. The number of halogens is 1. The first-order valence-electron chi connectivity index (χ1n) is 12.4. The minimum atomic E-state index is -0.0182. The number of anilines is 2. The van der Waals surface area contributed by atoms with Gasteiger partial charge in [-0.3, -0.25) is 0 Å². The number of hydrogen-bond donors (Lipinski definition) is 1. The molecule has 1 N–H and O–H groups in total. The lowest BCUT2D eigenvalue weighted by molar-refractivity contribution is 0.0719. The molecule has 1 aliphatic rings. The van der Waals surface area contributed by atoms with Gasteiger partial charge in [-0.2, -0.15) is 0 Å². The van der Waals surface area contributed by atoms with Crippen LogP contribution in [-0.4, -0.2) is 61.0 Å². The molecule has 192 valence electrons. The third-order valence-electron chi connectivity index (χ3n) is 6.39. The van der Waals surface area contributed by atoms with Crippen molar-refractivity contribution < 1.29 is 14.2 Å². The summed E-state index contributed by atoms with van der Waals surface area (Å²) in [6.45, 7) is 8.26. The summed E-state index contributed by atoms with van der Waals surface area (Å²) in [5, 5.41) is 4.25. The molecule has 4 rings (SSSR count). The molecule has 0 amide bonds. The highest BCUT2D eigenvalue weighted by Crippen LogP contribution is 2.34. The van der Waals surface area contributed by atoms with Crippen LogP contribution in [-0.2, 0) is 17.6 Å². The van der Waals surface area contributed by atoms with E-state index in [2.05, 4.69) is 29.0 Å². The molecule has 0 aliphatic carbocycles. The van der Waals surface area contributed by atoms with Crippen LogP contribution >= 0.6 is 11.6 Å². The number of benzene rings is 1. The summed E-state index contributed by atoms with van der Waals surface area (Å²) >= 11 is 6.59. The van der Waals surface area contributed by atoms with Crippen molar-refractivity contribution in [2.45, 2.75) is 45.8 Å². The van der Waals surface area contributed by atoms with E-state index in [0.717, 1.165) is 66.0 Å². The maximum atomic E-state index is 6.59. The van der Waals surface area contributed by atoms with E-state index in [1.807, 2.05) is 37.3 Å². The second-order valence-electron chi connectivity index (χ2n) is 8.57. The SMILES string of the molecule is CCO[C@H]1CN(c2cc(OC)ccn2)C[C@H]1Nc1nc(CC)c(-c2ccc(OC)cc2Cl)nc1CC. The number of aromatic nitrogens is 3. The molecule has 1 fully saturated rings. The molecule has 8 nitrogen and oxygen atoms in total. The second kappa shape index (κ2) is 11.8. The largest absolute Gasteiger partial charge is 0.497 e. The first-order chi connectivity index (χ1) is 17.5. The Morgan fingerprint density at radius 3 is 2.39 bits per heavy atom. The Kier molecular flexibility index (Phi) is 8.48. The van der Waals surface area contributed by atoms with E-state index in [1.54, 1.807) is 20.4 Å². The van der Waals surface area contributed by atoms with Crippen LogP contribution in [0, 0.1) is 0 Å². The van der Waals surface area contributed by atoms with Gasteiger partial charge in [0.2, 0.25) is 0 Å². The van der Waals surface area contributed by atoms with Crippen LogP contribution < -0.4 is 19.7 Å². The fourth-order valence-electron chi connectivity index (χ4n) is 4.50. The van der Waals surface area contributed by atoms with Crippen LogP contribution in [0.5, 0.6) is 11.5 Å². The maximum absolute atomic E-state index is 6.59. The summed E-state index contributed by atoms with van der Waals surface area (Å²) in [4.78, 5) is 16.8. The molecule has 1 saturated heterocycles. The van der Waals surface area contributed by atoms with Crippen molar-refractivity contribution in [3.8, 4) is 22.8 Å². The lowest BCUT2D eigenvalue weighted by Gasteiger charge is -2.22. The van der Waals surface area contributed by atoms with Crippen LogP contribution in [0.3, 0.4) is 0 Å². The summed E-state index contributed by atoms with van der Waals surface area (Å²) in [5.41, 5.74) is 3.44. The van der Waals surface area contributed by atoms with Crippen molar-refractivity contribution >= 4 is 23.2 Å². The van der Waals surface area contributed by atoms with Gasteiger partial charge in [0, 0.05) is 37.5 Å². The average Bonchev–Trinajstić information content (AvgIpc) is 3.30. The summed E-state index contributed by atoms with van der Waals surface area (Å²) in [6, 6.07) is 9.47. The van der Waals surface area contributed by atoms with E-state index in [9.17, 15) is 0 Å². The van der Waals surface area contributed by atoms with Gasteiger partial charge in [0.1, 0.15) is 23.1 Å². The third-order valence-corrected chi connectivity index (χ3v) is 6.70. The van der Waals surface area contributed by atoms with E-state index in [1.165, 1.54) is 0 Å². The van der Waals surface area contributed by atoms with Crippen molar-refractivity contribution in [3.05, 3.63) is 52.9 Å². The van der Waals surface area contributed by atoms with Crippen LogP contribution in [0.15, 0.2) is 36.5 Å². The minimum Gasteiger partial charge on any atom is -0.497 e. The Morgan fingerprint density at radius 1 is 0.972 bits per heavy atom. The highest BCUT2D eigenvalue weighted by atomic mass is 35.5. The van der Waals surface area contributed by atoms with Crippen molar-refractivity contribution in [2.75, 3.05) is 44.1 Å². The quantitative estimate of drug-likeness (QED) is 0.405. The van der Waals surface area contributed by atoms with Crippen molar-refractivity contribution in [1.29, 1.82) is 0 Å². The zero-order valence-corrected chi connectivity index (χ0v) is 22.3. The monoisotopic (exact) mass is 511 g/mol. The van der Waals surface area contributed by atoms with E-state index in [0.29, 0.717) is 17.4 Å². The maximum Gasteiger partial charge on any atom is 0.148 e. The van der Waals surface area contributed by atoms with E-state index in [4.69, 9.17) is 35.8 Å². The zero-order chi connectivity index (χ0) is 25.7. The van der Waals surface area contributed by atoms with Gasteiger partial charge in [-0.25, -0.2) is 15.0 Å². The molecule has 0 radical (unpaired) electrons. The van der Waals surface area contributed by atoms with Crippen LogP contribution in [0.2, 0.25) is 5.02 Å². The summed E-state index contributed by atoms with van der Waals surface area (Å²) in [5.74, 6) is 3.15. The van der Waals surface area contributed by atoms with Crippen LogP contribution in [0.1, 0.15) is 32.2 Å². The highest BCUT2D eigenvalue weighted by Gasteiger charge is 2.35. The van der Waals surface area contributed by atoms with Crippen molar-refractivity contribution in [3.63, 3.8) is 0 Å². The summed E-state index contributed by atoms with van der Waals surface area (Å²) in [6.07, 6.45) is 3.20. The fourth-order valence-corrected chi connectivity index (χ4v) is 4.76. The van der Waals surface area contributed by atoms with Crippen LogP contribution in [0.4, 0.5) is 11.6 Å². The molecule has 0 spiro atoms. The highest BCUT2D eigenvalue weighted by molar-refractivity contribution is 6.33. The topological polar surface area (TPSA) is 81.6 Å². The number of methoxy groups -OCH3 is 2. The standard InChI is InChI=1S/C27H34ClN5O3/c1-6-21-26(19-10-9-17(34-4)13-20(19)28)30-22(7-2)27(31-21)32-23-15-33(16-24(23)36-8-3)25-14-18(35-5)11-12-29-25/h9-14,23-24H,6-8,15-16H2,1-5H3,(H,31,32)/t23-,24+/m1/s1. The van der Waals surface area contributed by atoms with Crippen molar-refractivity contribution in [1.82, 2.24) is 15.0 Å². The molecule has 2 aromatic heterocycles. The lowest BCUT2D eigenvalue weighted by Crippen LogP contribution is -2.35. The van der Waals surface area contributed by atoms with Crippen LogP contribution in [0.25, 0.3) is 11.3 Å². The second-order valence-corrected chi connectivity index (χ2v) is 8.98. The Labute approximate surface area is 218 Å². The van der Waals surface area contributed by atoms with Crippen molar-refractivity contribution in [2.24, 2.45) is 0 Å². The Hall–Kier alpha value is -3.10. The smallest absolute Gasteiger partial charge is 0.148 e. The molecule has 1 aliphatic heterocycles. The average molecular weight is 512 g/mol. The predicted molar refractivity (Wildman–Crippen MR) is 144 cm³/mol. The lowest BCUT2D eigenvalue weighted by atomic mass is 10.1. The van der Waals surface area contributed by atoms with Gasteiger partial charge in [-0.05, 0) is 44.0 Å². The van der Waals surface area contributed by atoms with Gasteiger partial charge >= 0.3 is 0 Å². The summed E-state index contributed by atoms with van der Waals surface area (Å²) < 4.78 is 16.8. The Balaban J connectivity index is 1.64. The molecule has 0 bridgehead atoms. The molecule has 2 atom stereocenters. The van der Waals surface area contributed by atoms with Gasteiger partial charge in [0.25, 0.3) is 0 Å². The minimum absolute atomic E-state index is 0.0182. The zero-order valence-electron chi connectivity index (χ0n) is 21.5. The number of rotatable bonds is 10. The first-order valence-corrected chi connectivity index (χ1v) is 12.8. The van der Waals surface area contributed by atoms with Gasteiger partial charge in [-0.15, -0.1) is 0 Å². The molecule has 0 unspecified atom stereocenters. The van der Waals surface area contributed by atoms with Gasteiger partial charge < -0.3 is 24.4 Å². The number of pyridine rings is 1. The Bertz CT molecular complexity index is 1190. The normalized spacial score (nSPS) is 17.3. The molecular formula is C27H34ClN5O3. The van der Waals surface area contributed by atoms with E-state index < -0.39 is 0 Å². The molecule has 0 saturated carbocycles. The number of hydrogen-bond acceptors (Lipinski definition) is 8. The number of nitrogens with zero attached hydrogens (tertiary/aromatic N) is 4. The molecular weight excluding hydrogens is 478 g/mol. The third kappa shape index (κ3) is 5.50. The number of aryl methyl sites for hydroxylation is 2. The Morgan fingerprint density at radius 2 is 1.72 bits per heavy atom. The predicted octanol–water partition coefficient (Wildman–Crippen LogP) is 5.04. The van der Waals surface area contributed by atoms with E-state index >= 15 is 0 Å². The number of ether oxygens (including phenoxy) is 3. The molecule has 9 heteroatoms. The van der Waals surface area contributed by atoms with Gasteiger partial charge in [0.15, 0.2) is 0 Å². The first kappa shape index (κ1) is 26.0.